The Morgan fingerprint density at radius 3 is 2.43 bits per heavy atom. The second-order valence-electron chi connectivity index (χ2n) is 4.35. The molecule has 0 unspecified atom stereocenters. The highest BCUT2D eigenvalue weighted by Crippen LogP contribution is 2.16. The Kier molecular flexibility index (Phi) is 7.03. The Morgan fingerprint density at radius 2 is 1.90 bits per heavy atom. The minimum absolute atomic E-state index is 0.0879. The van der Waals surface area contributed by atoms with Crippen LogP contribution in [0.5, 0.6) is 5.75 Å². The van der Waals surface area contributed by atoms with Crippen LogP contribution in [-0.4, -0.2) is 53.4 Å². The Morgan fingerprint density at radius 1 is 1.24 bits per heavy atom. The topological polar surface area (TPSA) is 99.1 Å². The van der Waals surface area contributed by atoms with Gasteiger partial charge in [-0.15, -0.1) is 0 Å². The minimum atomic E-state index is -1.05. The largest absolute Gasteiger partial charge is 0.482 e. The van der Waals surface area contributed by atoms with Crippen molar-refractivity contribution in [1.29, 1.82) is 0 Å². The normalized spacial score (nSPS) is 10.0. The summed E-state index contributed by atoms with van der Waals surface area (Å²) >= 11 is 0. The maximum absolute atomic E-state index is 12.0. The molecule has 1 aromatic carbocycles. The second-order valence-corrected chi connectivity index (χ2v) is 4.35. The number of nitrogens with zero attached hydrogens (tertiary/aromatic N) is 1. The van der Waals surface area contributed by atoms with E-state index in [9.17, 15) is 9.59 Å². The van der Waals surface area contributed by atoms with E-state index in [2.05, 4.69) is 5.32 Å². The van der Waals surface area contributed by atoms with Crippen LogP contribution in [0.25, 0.3) is 0 Å². The number of hydrogen-bond acceptors (Lipinski definition) is 4. The number of carbonyl (C=O) groups excluding carboxylic acids is 1. The van der Waals surface area contributed by atoms with Gasteiger partial charge in [0, 0.05) is 18.8 Å². The molecule has 0 atom stereocenters. The minimum Gasteiger partial charge on any atom is -0.482 e. The molecule has 0 heterocycles. The molecule has 0 spiro atoms. The van der Waals surface area contributed by atoms with Gasteiger partial charge in [-0.1, -0.05) is 6.92 Å². The second kappa shape index (κ2) is 8.80. The quantitative estimate of drug-likeness (QED) is 0.673. The summed E-state index contributed by atoms with van der Waals surface area (Å²) < 4.78 is 5.00. The summed E-state index contributed by atoms with van der Waals surface area (Å²) in [7, 11) is 0. The van der Waals surface area contributed by atoms with E-state index >= 15 is 0 Å². The Labute approximate surface area is 123 Å². The van der Waals surface area contributed by atoms with Gasteiger partial charge in [0.05, 0.1) is 6.61 Å². The number of amides is 2. The van der Waals surface area contributed by atoms with Gasteiger partial charge in [-0.05, 0) is 30.7 Å². The van der Waals surface area contributed by atoms with E-state index in [1.54, 1.807) is 24.3 Å². The van der Waals surface area contributed by atoms with Crippen molar-refractivity contribution >= 4 is 17.7 Å². The average Bonchev–Trinajstić information content (AvgIpc) is 2.46. The first-order chi connectivity index (χ1) is 10.1. The monoisotopic (exact) mass is 296 g/mol. The maximum atomic E-state index is 12.0. The molecule has 0 bridgehead atoms. The van der Waals surface area contributed by atoms with Gasteiger partial charge in [0.25, 0.3) is 0 Å². The highest BCUT2D eigenvalue weighted by molar-refractivity contribution is 5.89. The highest BCUT2D eigenvalue weighted by atomic mass is 16.5. The first-order valence-corrected chi connectivity index (χ1v) is 6.68. The predicted octanol–water partition coefficient (Wildman–Crippen LogP) is 1.39. The number of nitrogens with one attached hydrogen (secondary N) is 1. The lowest BCUT2D eigenvalue weighted by Crippen LogP contribution is -2.37. The summed E-state index contributed by atoms with van der Waals surface area (Å²) in [6, 6.07) is 6.12. The van der Waals surface area contributed by atoms with Gasteiger partial charge in [-0.2, -0.15) is 0 Å². The molecule has 0 aromatic heterocycles. The van der Waals surface area contributed by atoms with Crippen LogP contribution in [-0.2, 0) is 4.79 Å². The third-order valence-corrected chi connectivity index (χ3v) is 2.62. The van der Waals surface area contributed by atoms with Gasteiger partial charge >= 0.3 is 12.0 Å². The van der Waals surface area contributed by atoms with E-state index < -0.39 is 12.6 Å². The van der Waals surface area contributed by atoms with Crippen molar-refractivity contribution in [3.05, 3.63) is 24.3 Å². The Balaban J connectivity index is 2.57. The molecule has 21 heavy (non-hydrogen) atoms. The van der Waals surface area contributed by atoms with Crippen LogP contribution in [0.15, 0.2) is 24.3 Å². The van der Waals surface area contributed by atoms with Crippen molar-refractivity contribution < 1.29 is 24.5 Å². The highest BCUT2D eigenvalue weighted by Gasteiger charge is 2.11. The van der Waals surface area contributed by atoms with E-state index in [-0.39, 0.29) is 19.2 Å². The Bertz CT molecular complexity index is 455. The molecule has 3 N–H and O–H groups in total. The van der Waals surface area contributed by atoms with Crippen LogP contribution in [0.2, 0.25) is 0 Å². The molecule has 2 amide bonds. The number of carboxylic acid groups (broad SMARTS) is 1. The molecule has 7 heteroatoms. The van der Waals surface area contributed by atoms with Gasteiger partial charge in [0.15, 0.2) is 6.61 Å². The molecule has 0 aliphatic rings. The molecular weight excluding hydrogens is 276 g/mol. The lowest BCUT2D eigenvalue weighted by Gasteiger charge is -2.21. The lowest BCUT2D eigenvalue weighted by atomic mass is 10.3. The SMILES string of the molecule is CCCN(CCO)C(=O)Nc1ccc(OCC(=O)O)cc1. The van der Waals surface area contributed by atoms with Crippen molar-refractivity contribution in [3.63, 3.8) is 0 Å². The number of urea groups is 1. The number of aliphatic hydroxyl groups excluding tert-OH is 1. The molecule has 116 valence electrons. The van der Waals surface area contributed by atoms with Crippen LogP contribution in [0.4, 0.5) is 10.5 Å². The number of rotatable bonds is 8. The fourth-order valence-electron chi connectivity index (χ4n) is 1.69. The molecule has 7 nitrogen and oxygen atoms in total. The third-order valence-electron chi connectivity index (χ3n) is 2.62. The zero-order chi connectivity index (χ0) is 15.7. The molecule has 1 aromatic rings. The molecule has 0 aliphatic carbocycles. The van der Waals surface area contributed by atoms with Crippen LogP contribution >= 0.6 is 0 Å². The van der Waals surface area contributed by atoms with Crippen molar-refractivity contribution in [2.24, 2.45) is 0 Å². The van der Waals surface area contributed by atoms with E-state index in [0.717, 1.165) is 6.42 Å². The van der Waals surface area contributed by atoms with Gasteiger partial charge in [0.2, 0.25) is 0 Å². The van der Waals surface area contributed by atoms with Crippen LogP contribution in [0, 0.1) is 0 Å². The number of anilines is 1. The molecule has 0 saturated heterocycles. The molecule has 0 aliphatic heterocycles. The maximum Gasteiger partial charge on any atom is 0.341 e. The van der Waals surface area contributed by atoms with Gasteiger partial charge in [-0.3, -0.25) is 0 Å². The van der Waals surface area contributed by atoms with E-state index in [1.807, 2.05) is 6.92 Å². The molecule has 0 radical (unpaired) electrons. The first-order valence-electron chi connectivity index (χ1n) is 6.68. The van der Waals surface area contributed by atoms with Crippen LogP contribution in [0.3, 0.4) is 0 Å². The summed E-state index contributed by atoms with van der Waals surface area (Å²) in [5, 5.41) is 20.1. The zero-order valence-corrected chi connectivity index (χ0v) is 11.9. The summed E-state index contributed by atoms with van der Waals surface area (Å²) in [5.74, 6) is -0.636. The molecular formula is C14H20N2O5. The third kappa shape index (κ3) is 6.13. The van der Waals surface area contributed by atoms with Crippen molar-refractivity contribution in [1.82, 2.24) is 4.90 Å². The van der Waals surface area contributed by atoms with Crippen molar-refractivity contribution in [2.45, 2.75) is 13.3 Å². The number of aliphatic carboxylic acids is 1. The van der Waals surface area contributed by atoms with E-state index in [4.69, 9.17) is 14.9 Å². The summed E-state index contributed by atoms with van der Waals surface area (Å²) in [6.45, 7) is 2.29. The number of benzene rings is 1. The predicted molar refractivity (Wildman–Crippen MR) is 77.5 cm³/mol. The molecule has 0 saturated carbocycles. The smallest absolute Gasteiger partial charge is 0.341 e. The summed E-state index contributed by atoms with van der Waals surface area (Å²) in [4.78, 5) is 23.9. The van der Waals surface area contributed by atoms with Gasteiger partial charge in [0.1, 0.15) is 5.75 Å². The van der Waals surface area contributed by atoms with E-state index in [1.165, 1.54) is 4.90 Å². The van der Waals surface area contributed by atoms with Crippen molar-refractivity contribution in [2.75, 3.05) is 31.6 Å². The number of aliphatic hydroxyl groups is 1. The van der Waals surface area contributed by atoms with Gasteiger partial charge < -0.3 is 25.2 Å². The summed E-state index contributed by atoms with van der Waals surface area (Å²) in [6.07, 6.45) is 0.801. The zero-order valence-electron chi connectivity index (χ0n) is 11.9. The fraction of sp³-hybridized carbons (Fsp3) is 0.429. The van der Waals surface area contributed by atoms with Crippen LogP contribution < -0.4 is 10.1 Å². The number of carbonyl (C=O) groups is 2. The number of hydrogen-bond donors (Lipinski definition) is 3. The first kappa shape index (κ1) is 16.8. The number of carboxylic acids is 1. The lowest BCUT2D eigenvalue weighted by molar-refractivity contribution is -0.139. The fourth-order valence-corrected chi connectivity index (χ4v) is 1.69. The van der Waals surface area contributed by atoms with Crippen LogP contribution in [0.1, 0.15) is 13.3 Å². The number of ether oxygens (including phenoxy) is 1. The average molecular weight is 296 g/mol. The molecule has 0 fully saturated rings. The van der Waals surface area contributed by atoms with E-state index in [0.29, 0.717) is 18.0 Å². The van der Waals surface area contributed by atoms with Gasteiger partial charge in [-0.25, -0.2) is 9.59 Å². The van der Waals surface area contributed by atoms with Crippen molar-refractivity contribution in [3.8, 4) is 5.75 Å². The molecule has 1 rings (SSSR count). The Hall–Kier alpha value is -2.28. The standard InChI is InChI=1S/C14H20N2O5/c1-2-7-16(8-9-17)14(20)15-11-3-5-12(6-4-11)21-10-13(18)19/h3-6,17H,2,7-10H2,1H3,(H,15,20)(H,18,19). The summed E-state index contributed by atoms with van der Waals surface area (Å²) in [5.41, 5.74) is 0.571.